The van der Waals surface area contributed by atoms with Gasteiger partial charge >= 0.3 is 6.18 Å². The largest absolute Gasteiger partial charge is 0.416 e. The summed E-state index contributed by atoms with van der Waals surface area (Å²) in [5.74, 6) is 1.13. The molecular formula is C14H14F3N5. The van der Waals surface area contributed by atoms with E-state index in [9.17, 15) is 13.2 Å². The third-order valence-corrected chi connectivity index (χ3v) is 3.55. The summed E-state index contributed by atoms with van der Waals surface area (Å²) >= 11 is 0. The van der Waals surface area contributed by atoms with Gasteiger partial charge in [0.15, 0.2) is 0 Å². The van der Waals surface area contributed by atoms with E-state index < -0.39 is 11.7 Å². The molecule has 2 aromatic heterocycles. The van der Waals surface area contributed by atoms with Crippen molar-refractivity contribution in [1.82, 2.24) is 15.0 Å². The Bertz CT molecular complexity index is 624. The van der Waals surface area contributed by atoms with Crippen LogP contribution in [0.25, 0.3) is 0 Å². The molecule has 1 aliphatic rings. The molecule has 1 fully saturated rings. The fourth-order valence-corrected chi connectivity index (χ4v) is 2.39. The SMILES string of the molecule is FC(F)(F)c1ccnc(N2CCN(c3cnccn3)CC2)c1. The van der Waals surface area contributed by atoms with Gasteiger partial charge < -0.3 is 9.80 Å². The first-order valence-electron chi connectivity index (χ1n) is 6.83. The number of aromatic nitrogens is 3. The highest BCUT2D eigenvalue weighted by molar-refractivity contribution is 5.45. The van der Waals surface area contributed by atoms with Crippen molar-refractivity contribution in [2.24, 2.45) is 0 Å². The molecule has 2 aromatic rings. The van der Waals surface area contributed by atoms with Crippen LogP contribution in [0.5, 0.6) is 0 Å². The van der Waals surface area contributed by atoms with Gasteiger partial charge in [-0.3, -0.25) is 4.98 Å². The van der Waals surface area contributed by atoms with Crippen LogP contribution in [0.1, 0.15) is 5.56 Å². The van der Waals surface area contributed by atoms with Crippen molar-refractivity contribution < 1.29 is 13.2 Å². The lowest BCUT2D eigenvalue weighted by atomic mass is 10.2. The van der Waals surface area contributed by atoms with Gasteiger partial charge in [-0.2, -0.15) is 13.2 Å². The minimum atomic E-state index is -4.35. The molecule has 22 heavy (non-hydrogen) atoms. The average molecular weight is 309 g/mol. The highest BCUT2D eigenvalue weighted by atomic mass is 19.4. The molecular weight excluding hydrogens is 295 g/mol. The van der Waals surface area contributed by atoms with Gasteiger partial charge in [-0.1, -0.05) is 0 Å². The molecule has 0 bridgehead atoms. The van der Waals surface area contributed by atoms with Gasteiger partial charge in [-0.15, -0.1) is 0 Å². The van der Waals surface area contributed by atoms with E-state index in [1.54, 1.807) is 18.6 Å². The Hall–Kier alpha value is -2.38. The molecule has 0 saturated carbocycles. The second-order valence-corrected chi connectivity index (χ2v) is 4.94. The summed E-state index contributed by atoms with van der Waals surface area (Å²) in [7, 11) is 0. The molecule has 0 aromatic carbocycles. The fraction of sp³-hybridized carbons (Fsp3) is 0.357. The second-order valence-electron chi connectivity index (χ2n) is 4.94. The van der Waals surface area contributed by atoms with Gasteiger partial charge in [0.05, 0.1) is 11.8 Å². The number of anilines is 2. The topological polar surface area (TPSA) is 45.2 Å². The predicted molar refractivity (Wildman–Crippen MR) is 75.7 cm³/mol. The van der Waals surface area contributed by atoms with E-state index in [2.05, 4.69) is 19.9 Å². The minimum Gasteiger partial charge on any atom is -0.353 e. The molecule has 3 heterocycles. The van der Waals surface area contributed by atoms with E-state index in [0.29, 0.717) is 32.0 Å². The lowest BCUT2D eigenvalue weighted by molar-refractivity contribution is -0.137. The summed E-state index contributed by atoms with van der Waals surface area (Å²) < 4.78 is 38.2. The maximum Gasteiger partial charge on any atom is 0.416 e. The molecule has 116 valence electrons. The van der Waals surface area contributed by atoms with Gasteiger partial charge in [0.2, 0.25) is 0 Å². The van der Waals surface area contributed by atoms with Crippen molar-refractivity contribution in [3.05, 3.63) is 42.5 Å². The van der Waals surface area contributed by atoms with Crippen LogP contribution in [0, 0.1) is 0 Å². The lowest BCUT2D eigenvalue weighted by Crippen LogP contribution is -2.47. The Kier molecular flexibility index (Phi) is 3.82. The summed E-state index contributed by atoms with van der Waals surface area (Å²) in [4.78, 5) is 16.2. The monoisotopic (exact) mass is 309 g/mol. The number of alkyl halides is 3. The number of piperazine rings is 1. The van der Waals surface area contributed by atoms with E-state index in [1.807, 2.05) is 4.90 Å². The third kappa shape index (κ3) is 3.10. The van der Waals surface area contributed by atoms with Gasteiger partial charge in [-0.25, -0.2) is 9.97 Å². The summed E-state index contributed by atoms with van der Waals surface area (Å²) in [6.07, 6.45) is 1.76. The zero-order chi connectivity index (χ0) is 15.6. The number of halogens is 3. The zero-order valence-electron chi connectivity index (χ0n) is 11.7. The summed E-state index contributed by atoms with van der Waals surface area (Å²) in [6, 6.07) is 2.08. The van der Waals surface area contributed by atoms with Gasteiger partial charge in [0.1, 0.15) is 11.6 Å². The van der Waals surface area contributed by atoms with Crippen molar-refractivity contribution in [1.29, 1.82) is 0 Å². The van der Waals surface area contributed by atoms with E-state index in [1.165, 1.54) is 6.20 Å². The van der Waals surface area contributed by atoms with Crippen LogP contribution in [0.3, 0.4) is 0 Å². The van der Waals surface area contributed by atoms with Crippen molar-refractivity contribution in [2.75, 3.05) is 36.0 Å². The molecule has 3 rings (SSSR count). The Morgan fingerprint density at radius 1 is 0.864 bits per heavy atom. The highest BCUT2D eigenvalue weighted by Gasteiger charge is 2.31. The predicted octanol–water partition coefficient (Wildman–Crippen LogP) is 2.22. The highest BCUT2D eigenvalue weighted by Crippen LogP contribution is 2.31. The van der Waals surface area contributed by atoms with Gasteiger partial charge in [0, 0.05) is 44.8 Å². The van der Waals surface area contributed by atoms with Gasteiger partial charge in [0.25, 0.3) is 0 Å². The number of pyridine rings is 1. The van der Waals surface area contributed by atoms with Crippen molar-refractivity contribution in [3.63, 3.8) is 0 Å². The van der Waals surface area contributed by atoms with Crippen LogP contribution < -0.4 is 9.80 Å². The molecule has 0 unspecified atom stereocenters. The quantitative estimate of drug-likeness (QED) is 0.851. The van der Waals surface area contributed by atoms with Gasteiger partial charge in [-0.05, 0) is 12.1 Å². The first kappa shape index (κ1) is 14.6. The first-order chi connectivity index (χ1) is 10.5. The van der Waals surface area contributed by atoms with E-state index in [4.69, 9.17) is 0 Å². The number of hydrogen-bond donors (Lipinski definition) is 0. The van der Waals surface area contributed by atoms with E-state index in [0.717, 1.165) is 18.0 Å². The zero-order valence-corrected chi connectivity index (χ0v) is 11.7. The molecule has 0 atom stereocenters. The number of hydrogen-bond acceptors (Lipinski definition) is 5. The average Bonchev–Trinajstić information content (AvgIpc) is 2.55. The van der Waals surface area contributed by atoms with Crippen LogP contribution in [0.2, 0.25) is 0 Å². The molecule has 0 amide bonds. The Labute approximate surface area is 125 Å². The molecule has 1 aliphatic heterocycles. The maximum absolute atomic E-state index is 12.7. The maximum atomic E-state index is 12.7. The van der Waals surface area contributed by atoms with E-state index in [-0.39, 0.29) is 0 Å². The van der Waals surface area contributed by atoms with Crippen LogP contribution in [0.4, 0.5) is 24.8 Å². The Morgan fingerprint density at radius 2 is 1.50 bits per heavy atom. The van der Waals surface area contributed by atoms with Crippen molar-refractivity contribution in [2.45, 2.75) is 6.18 Å². The van der Waals surface area contributed by atoms with Crippen molar-refractivity contribution >= 4 is 11.6 Å². The second kappa shape index (κ2) is 5.78. The Balaban J connectivity index is 1.69. The molecule has 5 nitrogen and oxygen atoms in total. The van der Waals surface area contributed by atoms with Crippen LogP contribution in [-0.2, 0) is 6.18 Å². The molecule has 8 heteroatoms. The summed E-state index contributed by atoms with van der Waals surface area (Å²) in [5, 5.41) is 0. The smallest absolute Gasteiger partial charge is 0.353 e. The summed E-state index contributed by atoms with van der Waals surface area (Å²) in [5.41, 5.74) is -0.672. The standard InChI is InChI=1S/C14H14F3N5/c15-14(16,17)11-1-2-19-12(9-11)21-5-7-22(8-6-21)13-10-18-3-4-20-13/h1-4,9-10H,5-8H2. The number of rotatable bonds is 2. The van der Waals surface area contributed by atoms with Crippen LogP contribution in [0.15, 0.2) is 36.9 Å². The lowest BCUT2D eigenvalue weighted by Gasteiger charge is -2.36. The van der Waals surface area contributed by atoms with Crippen molar-refractivity contribution in [3.8, 4) is 0 Å². The minimum absolute atomic E-state index is 0.355. The molecule has 0 aliphatic carbocycles. The van der Waals surface area contributed by atoms with E-state index >= 15 is 0 Å². The third-order valence-electron chi connectivity index (χ3n) is 3.55. The summed E-state index contributed by atoms with van der Waals surface area (Å²) in [6.45, 7) is 2.50. The fourth-order valence-electron chi connectivity index (χ4n) is 2.39. The van der Waals surface area contributed by atoms with Crippen LogP contribution in [-0.4, -0.2) is 41.1 Å². The molecule has 0 N–H and O–H groups in total. The first-order valence-corrected chi connectivity index (χ1v) is 6.83. The molecule has 0 radical (unpaired) electrons. The number of nitrogens with zero attached hydrogens (tertiary/aromatic N) is 5. The van der Waals surface area contributed by atoms with Crippen LogP contribution >= 0.6 is 0 Å². The normalized spacial score (nSPS) is 16.0. The molecule has 0 spiro atoms. The Morgan fingerprint density at radius 3 is 2.09 bits per heavy atom. The molecule has 1 saturated heterocycles.